The highest BCUT2D eigenvalue weighted by Gasteiger charge is 2.33. The van der Waals surface area contributed by atoms with Crippen molar-refractivity contribution < 1.29 is 22.9 Å². The summed E-state index contributed by atoms with van der Waals surface area (Å²) in [5.41, 5.74) is -0.744. The Labute approximate surface area is 159 Å². The van der Waals surface area contributed by atoms with Gasteiger partial charge in [0.1, 0.15) is 5.60 Å². The zero-order chi connectivity index (χ0) is 20.4. The second kappa shape index (κ2) is 7.81. The Morgan fingerprint density at radius 3 is 2.19 bits per heavy atom. The first-order valence-electron chi connectivity index (χ1n) is 8.62. The van der Waals surface area contributed by atoms with Crippen molar-refractivity contribution in [1.82, 2.24) is 9.21 Å². The number of nitrogens with zero attached hydrogens (tertiary/aromatic N) is 3. The molecule has 0 aliphatic carbocycles. The van der Waals surface area contributed by atoms with E-state index in [1.54, 1.807) is 25.7 Å². The van der Waals surface area contributed by atoms with Crippen molar-refractivity contribution in [3.63, 3.8) is 0 Å². The van der Waals surface area contributed by atoms with E-state index in [9.17, 15) is 23.3 Å². The molecule has 0 atom stereocenters. The number of carbonyl (C=O) groups excluding carboxylic acids is 1. The number of benzene rings is 1. The molecular formula is C17H25N3O6S. The average molecular weight is 399 g/mol. The molecule has 0 spiro atoms. The Hall–Kier alpha value is -2.20. The molecule has 150 valence electrons. The molecule has 0 bridgehead atoms. The predicted octanol–water partition coefficient (Wildman–Crippen LogP) is 2.61. The molecule has 1 saturated heterocycles. The van der Waals surface area contributed by atoms with E-state index < -0.39 is 26.6 Å². The number of nitro groups is 1. The molecule has 1 heterocycles. The first-order chi connectivity index (χ1) is 12.4. The van der Waals surface area contributed by atoms with Gasteiger partial charge in [0.2, 0.25) is 10.0 Å². The highest BCUT2D eigenvalue weighted by molar-refractivity contribution is 7.89. The van der Waals surface area contributed by atoms with E-state index in [1.165, 1.54) is 35.6 Å². The number of likely N-dealkylation sites (tertiary alicyclic amines) is 1. The van der Waals surface area contributed by atoms with E-state index in [0.29, 0.717) is 25.9 Å². The Bertz CT molecular complexity index is 793. The summed E-state index contributed by atoms with van der Waals surface area (Å²) in [6, 6.07) is 4.56. The third-order valence-electron chi connectivity index (χ3n) is 4.35. The second-order valence-corrected chi connectivity index (χ2v) is 9.47. The number of rotatable bonds is 4. The lowest BCUT2D eigenvalue weighted by Gasteiger charge is -2.36. The molecule has 0 radical (unpaired) electrons. The lowest BCUT2D eigenvalue weighted by Crippen LogP contribution is -2.48. The Morgan fingerprint density at radius 1 is 1.22 bits per heavy atom. The monoisotopic (exact) mass is 399 g/mol. The molecule has 0 unspecified atom stereocenters. The first kappa shape index (κ1) is 21.1. The van der Waals surface area contributed by atoms with Crippen molar-refractivity contribution in [2.75, 3.05) is 20.1 Å². The van der Waals surface area contributed by atoms with Crippen LogP contribution >= 0.6 is 0 Å². The zero-order valence-corrected chi connectivity index (χ0v) is 16.7. The fourth-order valence-electron chi connectivity index (χ4n) is 2.84. The SMILES string of the molecule is CN(C1CCN(C(=O)OC(C)(C)C)CC1)S(=O)(=O)c1ccc([N+](=O)[O-])cc1. The maximum Gasteiger partial charge on any atom is 0.410 e. The molecule has 1 aromatic rings. The summed E-state index contributed by atoms with van der Waals surface area (Å²) in [5.74, 6) is 0. The lowest BCUT2D eigenvalue weighted by atomic mass is 10.1. The fraction of sp³-hybridized carbons (Fsp3) is 0.588. The van der Waals surface area contributed by atoms with Crippen LogP contribution in [-0.4, -0.2) is 60.4 Å². The number of amides is 1. The maximum absolute atomic E-state index is 12.8. The van der Waals surface area contributed by atoms with Crippen LogP contribution in [0.5, 0.6) is 0 Å². The molecule has 10 heteroatoms. The standard InChI is InChI=1S/C17H25N3O6S/c1-17(2,3)26-16(21)19-11-9-13(10-12-19)18(4)27(24,25)15-7-5-14(6-8-15)20(22)23/h5-8,13H,9-12H2,1-4H3. The number of hydrogen-bond acceptors (Lipinski definition) is 6. The van der Waals surface area contributed by atoms with Crippen molar-refractivity contribution in [3.8, 4) is 0 Å². The summed E-state index contributed by atoms with van der Waals surface area (Å²) in [6.07, 6.45) is 0.575. The molecule has 9 nitrogen and oxygen atoms in total. The fourth-order valence-corrected chi connectivity index (χ4v) is 4.26. The van der Waals surface area contributed by atoms with Gasteiger partial charge in [-0.3, -0.25) is 10.1 Å². The zero-order valence-electron chi connectivity index (χ0n) is 15.9. The van der Waals surface area contributed by atoms with E-state index in [0.717, 1.165) is 0 Å². The number of ether oxygens (including phenoxy) is 1. The highest BCUT2D eigenvalue weighted by Crippen LogP contribution is 2.25. The summed E-state index contributed by atoms with van der Waals surface area (Å²) in [4.78, 5) is 23.8. The van der Waals surface area contributed by atoms with Crippen LogP contribution in [0.2, 0.25) is 0 Å². The number of piperidine rings is 1. The summed E-state index contributed by atoms with van der Waals surface area (Å²) < 4.78 is 32.2. The van der Waals surface area contributed by atoms with Crippen LogP contribution in [0.4, 0.5) is 10.5 Å². The van der Waals surface area contributed by atoms with Crippen molar-refractivity contribution >= 4 is 21.8 Å². The summed E-state index contributed by atoms with van der Waals surface area (Å²) in [5, 5.41) is 10.7. The minimum atomic E-state index is -3.77. The van der Waals surface area contributed by atoms with Gasteiger partial charge in [0.15, 0.2) is 0 Å². The van der Waals surface area contributed by atoms with Crippen LogP contribution in [0.25, 0.3) is 0 Å². The molecule has 1 fully saturated rings. The van der Waals surface area contributed by atoms with Gasteiger partial charge in [0.05, 0.1) is 9.82 Å². The molecule has 0 aromatic heterocycles. The Kier molecular flexibility index (Phi) is 6.10. The van der Waals surface area contributed by atoms with Crippen LogP contribution in [0.3, 0.4) is 0 Å². The van der Waals surface area contributed by atoms with Gasteiger partial charge in [-0.25, -0.2) is 13.2 Å². The van der Waals surface area contributed by atoms with Crippen LogP contribution in [0, 0.1) is 10.1 Å². The van der Waals surface area contributed by atoms with Crippen LogP contribution in [-0.2, 0) is 14.8 Å². The largest absolute Gasteiger partial charge is 0.444 e. The van der Waals surface area contributed by atoms with Gasteiger partial charge in [0, 0.05) is 38.3 Å². The van der Waals surface area contributed by atoms with Crippen LogP contribution in [0.1, 0.15) is 33.6 Å². The summed E-state index contributed by atoms with van der Waals surface area (Å²) in [7, 11) is -2.28. The lowest BCUT2D eigenvalue weighted by molar-refractivity contribution is -0.384. The van der Waals surface area contributed by atoms with Crippen molar-refractivity contribution in [2.24, 2.45) is 0 Å². The molecule has 27 heavy (non-hydrogen) atoms. The number of nitro benzene ring substituents is 1. The topological polar surface area (TPSA) is 110 Å². The van der Waals surface area contributed by atoms with Crippen LogP contribution < -0.4 is 0 Å². The quantitative estimate of drug-likeness (QED) is 0.568. The van der Waals surface area contributed by atoms with Gasteiger partial charge >= 0.3 is 6.09 Å². The first-order valence-corrected chi connectivity index (χ1v) is 10.1. The molecule has 1 aromatic carbocycles. The molecule has 0 saturated carbocycles. The average Bonchev–Trinajstić information content (AvgIpc) is 2.59. The molecular weight excluding hydrogens is 374 g/mol. The van der Waals surface area contributed by atoms with Crippen LogP contribution in [0.15, 0.2) is 29.2 Å². The minimum absolute atomic E-state index is 0.00479. The number of non-ortho nitro benzene ring substituents is 1. The van der Waals surface area contributed by atoms with E-state index in [4.69, 9.17) is 4.74 Å². The van der Waals surface area contributed by atoms with Gasteiger partial charge in [-0.15, -0.1) is 0 Å². The molecule has 1 aliphatic heterocycles. The van der Waals surface area contributed by atoms with E-state index in [2.05, 4.69) is 0 Å². The molecule has 1 amide bonds. The number of sulfonamides is 1. The van der Waals surface area contributed by atoms with Gasteiger partial charge in [0.25, 0.3) is 5.69 Å². The predicted molar refractivity (Wildman–Crippen MR) is 98.9 cm³/mol. The molecule has 0 N–H and O–H groups in total. The summed E-state index contributed by atoms with van der Waals surface area (Å²) in [6.45, 7) is 6.19. The summed E-state index contributed by atoms with van der Waals surface area (Å²) >= 11 is 0. The second-order valence-electron chi connectivity index (χ2n) is 7.47. The molecule has 1 aliphatic rings. The van der Waals surface area contributed by atoms with Gasteiger partial charge in [-0.2, -0.15) is 4.31 Å². The Balaban J connectivity index is 2.03. The third kappa shape index (κ3) is 5.16. The molecule has 2 rings (SSSR count). The van der Waals surface area contributed by atoms with Gasteiger partial charge in [-0.1, -0.05) is 0 Å². The van der Waals surface area contributed by atoms with Crippen molar-refractivity contribution in [2.45, 2.75) is 50.2 Å². The van der Waals surface area contributed by atoms with E-state index in [1.807, 2.05) is 0 Å². The minimum Gasteiger partial charge on any atom is -0.444 e. The van der Waals surface area contributed by atoms with E-state index in [-0.39, 0.29) is 16.6 Å². The Morgan fingerprint density at radius 2 is 1.74 bits per heavy atom. The van der Waals surface area contributed by atoms with Crippen molar-refractivity contribution in [3.05, 3.63) is 34.4 Å². The number of hydrogen-bond donors (Lipinski definition) is 0. The van der Waals surface area contributed by atoms with Gasteiger partial charge in [-0.05, 0) is 45.7 Å². The normalized spacial score (nSPS) is 16.4. The smallest absolute Gasteiger partial charge is 0.410 e. The third-order valence-corrected chi connectivity index (χ3v) is 6.28. The highest BCUT2D eigenvalue weighted by atomic mass is 32.2. The number of carbonyl (C=O) groups is 1. The van der Waals surface area contributed by atoms with Gasteiger partial charge < -0.3 is 9.64 Å². The van der Waals surface area contributed by atoms with E-state index >= 15 is 0 Å². The van der Waals surface area contributed by atoms with Crippen molar-refractivity contribution in [1.29, 1.82) is 0 Å². The maximum atomic E-state index is 12.8.